The lowest BCUT2D eigenvalue weighted by Gasteiger charge is -2.21. The number of halogens is 1. The zero-order valence-corrected chi connectivity index (χ0v) is 17.2. The van der Waals surface area contributed by atoms with Crippen LogP contribution in [0.1, 0.15) is 54.9 Å². The Morgan fingerprint density at radius 3 is 2.32 bits per heavy atom. The molecule has 1 radical (unpaired) electrons. The molecule has 2 aromatic rings. The van der Waals surface area contributed by atoms with Crippen LogP contribution in [0.4, 0.5) is 0 Å². The van der Waals surface area contributed by atoms with Crippen molar-refractivity contribution in [2.24, 2.45) is 5.92 Å². The molecule has 4 heteroatoms. The lowest BCUT2D eigenvalue weighted by Crippen LogP contribution is -2.10. The molecule has 28 heavy (non-hydrogen) atoms. The van der Waals surface area contributed by atoms with E-state index >= 15 is 0 Å². The third kappa shape index (κ3) is 6.56. The third-order valence-electron chi connectivity index (χ3n) is 5.10. The summed E-state index contributed by atoms with van der Waals surface area (Å²) in [7, 11) is 0. The molecule has 0 N–H and O–H groups in total. The van der Waals surface area contributed by atoms with Gasteiger partial charge < -0.3 is 9.47 Å². The van der Waals surface area contributed by atoms with Crippen LogP contribution in [0.2, 0.25) is 0 Å². The lowest BCUT2D eigenvalue weighted by atomic mass is 9.85. The second-order valence-electron chi connectivity index (χ2n) is 7.50. The number of carbonyl (C=O) groups excluding carboxylic acids is 1. The standard InChI is InChI=1S/C24H28ClO3/c1-18(25)17-27-22-15-11-21(12-16-22)24(26)28-23-13-9-20(10-14-23)8-7-19-5-3-2-4-6-19/h2,9-16,18-19H,3-8,17H2,1H3/t18-/m1/s1. The maximum atomic E-state index is 12.3. The third-order valence-corrected chi connectivity index (χ3v) is 5.23. The van der Waals surface area contributed by atoms with Gasteiger partial charge in [0.2, 0.25) is 0 Å². The van der Waals surface area contributed by atoms with Crippen molar-refractivity contribution in [2.45, 2.75) is 50.8 Å². The zero-order valence-electron chi connectivity index (χ0n) is 16.4. The first-order chi connectivity index (χ1) is 13.6. The largest absolute Gasteiger partial charge is 0.492 e. The van der Waals surface area contributed by atoms with E-state index in [0.717, 1.165) is 12.3 Å². The highest BCUT2D eigenvalue weighted by Gasteiger charge is 2.13. The number of ether oxygens (including phenoxy) is 2. The molecule has 1 saturated carbocycles. The van der Waals surface area contributed by atoms with E-state index in [2.05, 4.69) is 18.6 Å². The van der Waals surface area contributed by atoms with Crippen molar-refractivity contribution in [1.29, 1.82) is 0 Å². The minimum absolute atomic E-state index is 0.0613. The highest BCUT2D eigenvalue weighted by Crippen LogP contribution is 2.27. The van der Waals surface area contributed by atoms with Crippen LogP contribution in [0, 0.1) is 12.3 Å². The molecule has 1 fully saturated rings. The quantitative estimate of drug-likeness (QED) is 0.299. The van der Waals surface area contributed by atoms with E-state index in [9.17, 15) is 4.79 Å². The summed E-state index contributed by atoms with van der Waals surface area (Å²) in [5, 5.41) is -0.0613. The average molecular weight is 400 g/mol. The molecule has 0 aliphatic heterocycles. The van der Waals surface area contributed by atoms with Crippen LogP contribution in [0.3, 0.4) is 0 Å². The Kier molecular flexibility index (Phi) is 7.79. The molecule has 0 aromatic heterocycles. The number of aryl methyl sites for hydroxylation is 1. The predicted molar refractivity (Wildman–Crippen MR) is 113 cm³/mol. The van der Waals surface area contributed by atoms with Gasteiger partial charge in [0.25, 0.3) is 0 Å². The Hall–Kier alpha value is -2.00. The molecule has 0 amide bonds. The number of alkyl halides is 1. The highest BCUT2D eigenvalue weighted by molar-refractivity contribution is 6.20. The van der Waals surface area contributed by atoms with E-state index in [4.69, 9.17) is 21.1 Å². The van der Waals surface area contributed by atoms with Gasteiger partial charge in [-0.1, -0.05) is 25.0 Å². The summed E-state index contributed by atoms with van der Waals surface area (Å²) >= 11 is 5.87. The SMILES string of the molecule is C[C@@H](Cl)COc1ccc(C(=O)Oc2ccc(CCC3CC[CH]CC3)cc2)cc1. The smallest absolute Gasteiger partial charge is 0.343 e. The molecule has 0 bridgehead atoms. The van der Waals surface area contributed by atoms with Gasteiger partial charge in [-0.3, -0.25) is 0 Å². The molecule has 2 aromatic carbocycles. The highest BCUT2D eigenvalue weighted by atomic mass is 35.5. The Morgan fingerprint density at radius 2 is 1.68 bits per heavy atom. The Labute approximate surface area is 173 Å². The summed E-state index contributed by atoms with van der Waals surface area (Å²) in [5.74, 6) is 1.73. The number of benzene rings is 2. The number of esters is 1. The molecule has 3 rings (SSSR count). The van der Waals surface area contributed by atoms with E-state index in [1.165, 1.54) is 37.7 Å². The second-order valence-corrected chi connectivity index (χ2v) is 8.24. The summed E-state index contributed by atoms with van der Waals surface area (Å²) in [5.41, 5.74) is 1.79. The maximum Gasteiger partial charge on any atom is 0.343 e. The molecule has 0 spiro atoms. The fourth-order valence-electron chi connectivity index (χ4n) is 3.44. The molecule has 1 aliphatic rings. The van der Waals surface area contributed by atoms with Crippen molar-refractivity contribution in [2.75, 3.05) is 6.61 Å². The molecule has 0 unspecified atom stereocenters. The van der Waals surface area contributed by atoms with Crippen LogP contribution in [-0.4, -0.2) is 18.0 Å². The van der Waals surface area contributed by atoms with Gasteiger partial charge in [-0.05, 0) is 86.9 Å². The summed E-state index contributed by atoms with van der Waals surface area (Å²) in [6.07, 6.45) is 9.90. The first-order valence-electron chi connectivity index (χ1n) is 10.1. The molecular formula is C24H28ClO3. The monoisotopic (exact) mass is 399 g/mol. The van der Waals surface area contributed by atoms with Gasteiger partial charge in [-0.15, -0.1) is 11.6 Å². The number of rotatable bonds is 8. The number of hydrogen-bond donors (Lipinski definition) is 0. The van der Waals surface area contributed by atoms with E-state index in [1.807, 2.05) is 19.1 Å². The Morgan fingerprint density at radius 1 is 1.04 bits per heavy atom. The van der Waals surface area contributed by atoms with Crippen molar-refractivity contribution in [1.82, 2.24) is 0 Å². The molecule has 3 nitrogen and oxygen atoms in total. The predicted octanol–water partition coefficient (Wildman–Crippen LogP) is 6.24. The summed E-state index contributed by atoms with van der Waals surface area (Å²) in [6, 6.07) is 14.8. The summed E-state index contributed by atoms with van der Waals surface area (Å²) in [6.45, 7) is 2.30. The maximum absolute atomic E-state index is 12.3. The molecule has 0 saturated heterocycles. The Balaban J connectivity index is 1.48. The average Bonchev–Trinajstić information content (AvgIpc) is 2.73. The van der Waals surface area contributed by atoms with E-state index < -0.39 is 0 Å². The van der Waals surface area contributed by atoms with Crippen LogP contribution < -0.4 is 9.47 Å². The van der Waals surface area contributed by atoms with Gasteiger partial charge in [0.1, 0.15) is 18.1 Å². The summed E-state index contributed by atoms with van der Waals surface area (Å²) in [4.78, 5) is 12.3. The van der Waals surface area contributed by atoms with Crippen LogP contribution in [0.5, 0.6) is 11.5 Å². The minimum Gasteiger partial charge on any atom is -0.492 e. The van der Waals surface area contributed by atoms with E-state index in [-0.39, 0.29) is 11.3 Å². The van der Waals surface area contributed by atoms with Crippen LogP contribution in [0.15, 0.2) is 48.5 Å². The lowest BCUT2D eigenvalue weighted by molar-refractivity contribution is 0.0734. The number of hydrogen-bond acceptors (Lipinski definition) is 3. The van der Waals surface area contributed by atoms with Gasteiger partial charge in [-0.2, -0.15) is 0 Å². The number of carbonyl (C=O) groups is 1. The fourth-order valence-corrected chi connectivity index (χ4v) is 3.51. The van der Waals surface area contributed by atoms with Gasteiger partial charge in [-0.25, -0.2) is 4.79 Å². The van der Waals surface area contributed by atoms with Crippen molar-refractivity contribution in [3.63, 3.8) is 0 Å². The minimum atomic E-state index is -0.372. The van der Waals surface area contributed by atoms with Gasteiger partial charge >= 0.3 is 5.97 Å². The van der Waals surface area contributed by atoms with Crippen molar-refractivity contribution in [3.8, 4) is 11.5 Å². The van der Waals surface area contributed by atoms with E-state index in [1.54, 1.807) is 24.3 Å². The van der Waals surface area contributed by atoms with Gasteiger partial charge in [0.05, 0.1) is 10.9 Å². The Bertz CT molecular complexity index is 731. The molecule has 0 heterocycles. The van der Waals surface area contributed by atoms with Gasteiger partial charge in [0, 0.05) is 0 Å². The molecule has 149 valence electrons. The molecule has 1 atom stereocenters. The normalized spacial score (nSPS) is 15.8. The van der Waals surface area contributed by atoms with Crippen LogP contribution in [0.25, 0.3) is 0 Å². The fraction of sp³-hybridized carbons (Fsp3) is 0.417. The van der Waals surface area contributed by atoms with Gasteiger partial charge in [0.15, 0.2) is 0 Å². The summed E-state index contributed by atoms with van der Waals surface area (Å²) < 4.78 is 11.0. The first kappa shape index (κ1) is 20.7. The van der Waals surface area contributed by atoms with Crippen molar-refractivity contribution in [3.05, 3.63) is 66.1 Å². The van der Waals surface area contributed by atoms with E-state index in [0.29, 0.717) is 23.7 Å². The van der Waals surface area contributed by atoms with Crippen LogP contribution in [-0.2, 0) is 6.42 Å². The van der Waals surface area contributed by atoms with Crippen molar-refractivity contribution < 1.29 is 14.3 Å². The second kappa shape index (κ2) is 10.5. The topological polar surface area (TPSA) is 35.5 Å². The van der Waals surface area contributed by atoms with Crippen LogP contribution >= 0.6 is 11.6 Å². The molecular weight excluding hydrogens is 372 g/mol. The molecule has 1 aliphatic carbocycles. The van der Waals surface area contributed by atoms with Crippen molar-refractivity contribution >= 4 is 17.6 Å². The first-order valence-corrected chi connectivity index (χ1v) is 10.5. The zero-order chi connectivity index (χ0) is 19.8.